The topological polar surface area (TPSA) is 60.7 Å². The number of allylic oxidation sites excluding steroid dienone is 1. The molecule has 0 aliphatic carbocycles. The van der Waals surface area contributed by atoms with Crippen LogP contribution in [0.1, 0.15) is 29.3 Å². The van der Waals surface area contributed by atoms with Crippen molar-refractivity contribution in [3.05, 3.63) is 72.6 Å². The highest BCUT2D eigenvalue weighted by atomic mass is 32.2. The molecule has 0 spiro atoms. The van der Waals surface area contributed by atoms with E-state index in [0.29, 0.717) is 17.5 Å². The first-order valence-electron chi connectivity index (χ1n) is 8.92. The number of carbonyl (C=O) groups excluding carboxylic acids is 1. The van der Waals surface area contributed by atoms with Crippen molar-refractivity contribution in [2.75, 3.05) is 5.75 Å². The number of benzene rings is 1. The Morgan fingerprint density at radius 3 is 2.56 bits per heavy atom. The van der Waals surface area contributed by atoms with Gasteiger partial charge in [-0.3, -0.25) is 14.3 Å². The van der Waals surface area contributed by atoms with Crippen molar-refractivity contribution in [1.82, 2.24) is 19.7 Å². The van der Waals surface area contributed by atoms with E-state index in [1.54, 1.807) is 18.5 Å². The fourth-order valence-electron chi connectivity index (χ4n) is 2.76. The molecule has 0 unspecified atom stereocenters. The number of thioether (sulfide) groups is 1. The Morgan fingerprint density at radius 1 is 1.15 bits per heavy atom. The molecule has 6 heteroatoms. The summed E-state index contributed by atoms with van der Waals surface area (Å²) in [6, 6.07) is 11.7. The highest BCUT2D eigenvalue weighted by Gasteiger charge is 2.15. The molecule has 1 aromatic carbocycles. The van der Waals surface area contributed by atoms with Gasteiger partial charge in [0.1, 0.15) is 0 Å². The number of aromatic nitrogens is 4. The lowest BCUT2D eigenvalue weighted by molar-refractivity contribution is 0.102. The standard InChI is InChI=1S/C21H22N4OS/c1-3-5-16-6-8-17(9-7-16)19(26)15-27-21-24-23-20(25(21)14-4-2)18-10-12-22-13-11-18/h4,6-13H,2-3,5,14-15H2,1H3. The van der Waals surface area contributed by atoms with Crippen molar-refractivity contribution >= 4 is 17.5 Å². The highest BCUT2D eigenvalue weighted by Crippen LogP contribution is 2.24. The van der Waals surface area contributed by atoms with Gasteiger partial charge >= 0.3 is 0 Å². The van der Waals surface area contributed by atoms with E-state index in [-0.39, 0.29) is 5.78 Å². The van der Waals surface area contributed by atoms with E-state index in [1.807, 2.05) is 41.0 Å². The van der Waals surface area contributed by atoms with Crippen molar-refractivity contribution in [3.8, 4) is 11.4 Å². The molecule has 0 radical (unpaired) electrons. The smallest absolute Gasteiger partial charge is 0.192 e. The van der Waals surface area contributed by atoms with E-state index in [9.17, 15) is 4.79 Å². The van der Waals surface area contributed by atoms with E-state index in [1.165, 1.54) is 17.3 Å². The molecule has 0 atom stereocenters. The van der Waals surface area contributed by atoms with Crippen LogP contribution in [0, 0.1) is 0 Å². The number of rotatable bonds is 9. The first-order chi connectivity index (χ1) is 13.2. The number of Topliss-reactive ketones (excluding diaryl/α,β-unsaturated/α-hetero) is 1. The van der Waals surface area contributed by atoms with Gasteiger partial charge in [-0.2, -0.15) is 0 Å². The second kappa shape index (κ2) is 9.28. The molecule has 0 amide bonds. The normalized spacial score (nSPS) is 10.7. The zero-order valence-electron chi connectivity index (χ0n) is 15.3. The van der Waals surface area contributed by atoms with Crippen molar-refractivity contribution in [2.45, 2.75) is 31.5 Å². The van der Waals surface area contributed by atoms with Crippen LogP contribution in [0.3, 0.4) is 0 Å². The third-order valence-electron chi connectivity index (χ3n) is 4.11. The lowest BCUT2D eigenvalue weighted by Crippen LogP contribution is -2.05. The maximum Gasteiger partial charge on any atom is 0.192 e. The summed E-state index contributed by atoms with van der Waals surface area (Å²) >= 11 is 1.40. The quantitative estimate of drug-likeness (QED) is 0.313. The number of pyridine rings is 1. The van der Waals surface area contributed by atoms with Gasteiger partial charge in [0.15, 0.2) is 16.8 Å². The minimum Gasteiger partial charge on any atom is -0.298 e. The number of hydrogen-bond acceptors (Lipinski definition) is 5. The van der Waals surface area contributed by atoms with Gasteiger partial charge < -0.3 is 0 Å². The molecule has 0 saturated heterocycles. The maximum atomic E-state index is 12.5. The van der Waals surface area contributed by atoms with Gasteiger partial charge in [-0.15, -0.1) is 16.8 Å². The van der Waals surface area contributed by atoms with Crippen LogP contribution in [0.2, 0.25) is 0 Å². The lowest BCUT2D eigenvalue weighted by atomic mass is 10.1. The highest BCUT2D eigenvalue weighted by molar-refractivity contribution is 7.99. The molecule has 0 saturated carbocycles. The first kappa shape index (κ1) is 19.0. The van der Waals surface area contributed by atoms with Crippen molar-refractivity contribution < 1.29 is 4.79 Å². The molecule has 5 nitrogen and oxygen atoms in total. The van der Waals surface area contributed by atoms with Crippen LogP contribution >= 0.6 is 11.8 Å². The second-order valence-electron chi connectivity index (χ2n) is 6.10. The molecular weight excluding hydrogens is 356 g/mol. The van der Waals surface area contributed by atoms with Crippen LogP contribution in [-0.4, -0.2) is 31.3 Å². The van der Waals surface area contributed by atoms with Gasteiger partial charge in [0.2, 0.25) is 0 Å². The van der Waals surface area contributed by atoms with Crippen molar-refractivity contribution in [1.29, 1.82) is 0 Å². The van der Waals surface area contributed by atoms with Crippen LogP contribution in [0.4, 0.5) is 0 Å². The van der Waals surface area contributed by atoms with Crippen LogP contribution in [-0.2, 0) is 13.0 Å². The predicted octanol–water partition coefficient (Wildman–Crippen LogP) is 4.45. The zero-order chi connectivity index (χ0) is 19.1. The van der Waals surface area contributed by atoms with Crippen LogP contribution in [0.15, 0.2) is 66.6 Å². The largest absolute Gasteiger partial charge is 0.298 e. The summed E-state index contributed by atoms with van der Waals surface area (Å²) in [6.45, 7) is 6.54. The number of hydrogen-bond donors (Lipinski definition) is 0. The van der Waals surface area contributed by atoms with Gasteiger partial charge in [0, 0.05) is 30.1 Å². The summed E-state index contributed by atoms with van der Waals surface area (Å²) < 4.78 is 1.96. The Bertz CT molecular complexity index is 904. The Morgan fingerprint density at radius 2 is 1.89 bits per heavy atom. The molecule has 0 N–H and O–H groups in total. The lowest BCUT2D eigenvalue weighted by Gasteiger charge is -2.07. The van der Waals surface area contributed by atoms with E-state index in [2.05, 4.69) is 28.7 Å². The Balaban J connectivity index is 1.73. The van der Waals surface area contributed by atoms with Gasteiger partial charge in [0.25, 0.3) is 0 Å². The molecule has 0 aliphatic heterocycles. The molecule has 138 valence electrons. The monoisotopic (exact) mass is 378 g/mol. The van der Waals surface area contributed by atoms with E-state index in [4.69, 9.17) is 0 Å². The number of carbonyl (C=O) groups is 1. The van der Waals surface area contributed by atoms with Gasteiger partial charge in [0.05, 0.1) is 5.75 Å². The maximum absolute atomic E-state index is 12.5. The second-order valence-corrected chi connectivity index (χ2v) is 7.04. The molecule has 2 aromatic heterocycles. The van der Waals surface area contributed by atoms with Gasteiger partial charge in [-0.25, -0.2) is 0 Å². The van der Waals surface area contributed by atoms with Crippen LogP contribution in [0.25, 0.3) is 11.4 Å². The fourth-order valence-corrected chi connectivity index (χ4v) is 3.61. The average molecular weight is 379 g/mol. The van der Waals surface area contributed by atoms with Crippen molar-refractivity contribution in [2.24, 2.45) is 0 Å². The third-order valence-corrected chi connectivity index (χ3v) is 5.08. The third kappa shape index (κ3) is 4.71. The van der Waals surface area contributed by atoms with Gasteiger partial charge in [-0.05, 0) is 24.1 Å². The predicted molar refractivity (Wildman–Crippen MR) is 109 cm³/mol. The van der Waals surface area contributed by atoms with E-state index < -0.39 is 0 Å². The SMILES string of the molecule is C=CCn1c(SCC(=O)c2ccc(CCC)cc2)nnc1-c1ccncc1. The molecule has 3 aromatic rings. The zero-order valence-corrected chi connectivity index (χ0v) is 16.2. The number of nitrogens with zero attached hydrogens (tertiary/aromatic N) is 4. The summed E-state index contributed by atoms with van der Waals surface area (Å²) in [6.07, 6.45) is 7.38. The van der Waals surface area contributed by atoms with E-state index in [0.717, 1.165) is 29.8 Å². The van der Waals surface area contributed by atoms with Crippen molar-refractivity contribution in [3.63, 3.8) is 0 Å². The Kier molecular flexibility index (Phi) is 6.54. The molecule has 2 heterocycles. The minimum atomic E-state index is 0.0849. The summed E-state index contributed by atoms with van der Waals surface area (Å²) in [7, 11) is 0. The summed E-state index contributed by atoms with van der Waals surface area (Å²) in [5.74, 6) is 1.15. The van der Waals surface area contributed by atoms with Crippen LogP contribution in [0.5, 0.6) is 0 Å². The summed E-state index contributed by atoms with van der Waals surface area (Å²) in [5.41, 5.74) is 2.92. The number of ketones is 1. The molecule has 0 bridgehead atoms. The first-order valence-corrected chi connectivity index (χ1v) is 9.91. The minimum absolute atomic E-state index is 0.0849. The molecule has 27 heavy (non-hydrogen) atoms. The molecular formula is C21H22N4OS. The van der Waals surface area contributed by atoms with E-state index >= 15 is 0 Å². The van der Waals surface area contributed by atoms with Crippen LogP contribution < -0.4 is 0 Å². The number of aryl methyl sites for hydroxylation is 1. The molecule has 0 aliphatic rings. The van der Waals surface area contributed by atoms with Gasteiger partial charge in [-0.1, -0.05) is 55.4 Å². The Hall–Kier alpha value is -2.73. The average Bonchev–Trinajstić information content (AvgIpc) is 3.10. The summed E-state index contributed by atoms with van der Waals surface area (Å²) in [5, 5.41) is 9.27. The molecule has 0 fully saturated rings. The molecule has 3 rings (SSSR count). The fraction of sp³-hybridized carbons (Fsp3) is 0.238. The Labute approximate surface area is 163 Å². The summed E-state index contributed by atoms with van der Waals surface area (Å²) in [4.78, 5) is 16.6.